The number of hydrogen-bond acceptors (Lipinski definition) is 3. The van der Waals surface area contributed by atoms with Crippen LogP contribution in [0.1, 0.15) is 11.1 Å². The van der Waals surface area contributed by atoms with Gasteiger partial charge in [-0.3, -0.25) is 0 Å². The lowest BCUT2D eigenvalue weighted by molar-refractivity contribution is -0.107. The summed E-state index contributed by atoms with van der Waals surface area (Å²) in [5.74, 6) is 0. The molecule has 0 heterocycles. The zero-order valence-corrected chi connectivity index (χ0v) is 10.4. The molecule has 0 radical (unpaired) electrons. The van der Waals surface area contributed by atoms with E-state index in [0.717, 1.165) is 9.87 Å². The molecule has 0 saturated heterocycles. The molecule has 0 fully saturated rings. The molecule has 0 unspecified atom stereocenters. The fourth-order valence-corrected chi connectivity index (χ4v) is 2.76. The molecule has 16 heavy (non-hydrogen) atoms. The summed E-state index contributed by atoms with van der Waals surface area (Å²) >= 11 is 0. The average molecular weight is 241 g/mol. The van der Waals surface area contributed by atoms with Gasteiger partial charge in [0.25, 0.3) is 0 Å². The smallest absolute Gasteiger partial charge is 0.243 e. The Hall–Kier alpha value is -1.20. The number of aryl methyl sites for hydroxylation is 2. The molecule has 0 bridgehead atoms. The van der Waals surface area contributed by atoms with Gasteiger partial charge in [0.2, 0.25) is 10.0 Å². The molecule has 0 aromatic heterocycles. The third-order valence-corrected chi connectivity index (χ3v) is 4.33. The van der Waals surface area contributed by atoms with Crippen molar-refractivity contribution in [3.63, 3.8) is 0 Å². The summed E-state index contributed by atoms with van der Waals surface area (Å²) in [4.78, 5) is 10.6. The lowest BCUT2D eigenvalue weighted by Gasteiger charge is -2.16. The number of hydrogen-bond donors (Lipinski definition) is 0. The van der Waals surface area contributed by atoms with Crippen molar-refractivity contribution < 1.29 is 13.2 Å². The minimum atomic E-state index is -3.55. The van der Waals surface area contributed by atoms with Crippen LogP contribution in [0.25, 0.3) is 0 Å². The highest BCUT2D eigenvalue weighted by atomic mass is 32.2. The van der Waals surface area contributed by atoms with Crippen LogP contribution in [0.4, 0.5) is 0 Å². The lowest BCUT2D eigenvalue weighted by Crippen LogP contribution is -2.29. The van der Waals surface area contributed by atoms with Gasteiger partial charge in [0.1, 0.15) is 6.29 Å². The maximum atomic E-state index is 12.1. The maximum Gasteiger partial charge on any atom is 0.243 e. The van der Waals surface area contributed by atoms with Crippen molar-refractivity contribution in [1.29, 1.82) is 0 Å². The molecule has 1 rings (SSSR count). The van der Waals surface area contributed by atoms with Gasteiger partial charge < -0.3 is 4.79 Å². The third kappa shape index (κ3) is 2.48. The van der Waals surface area contributed by atoms with Crippen molar-refractivity contribution >= 4 is 16.3 Å². The van der Waals surface area contributed by atoms with Crippen LogP contribution in [0.2, 0.25) is 0 Å². The molecular weight excluding hydrogens is 226 g/mol. The molecule has 0 amide bonds. The minimum absolute atomic E-state index is 0.129. The minimum Gasteiger partial charge on any atom is -0.302 e. The van der Waals surface area contributed by atoms with Gasteiger partial charge in [-0.2, -0.15) is 4.31 Å². The summed E-state index contributed by atoms with van der Waals surface area (Å²) in [7, 11) is -2.16. The van der Waals surface area contributed by atoms with Gasteiger partial charge in [-0.05, 0) is 31.0 Å². The van der Waals surface area contributed by atoms with Gasteiger partial charge in [-0.15, -0.1) is 0 Å². The summed E-state index contributed by atoms with van der Waals surface area (Å²) in [6, 6.07) is 5.23. The van der Waals surface area contributed by atoms with E-state index in [2.05, 4.69) is 0 Å². The predicted octanol–water partition coefficient (Wildman–Crippen LogP) is 1.12. The van der Waals surface area contributed by atoms with E-state index in [0.29, 0.717) is 11.8 Å². The van der Waals surface area contributed by atoms with Crippen LogP contribution in [0.5, 0.6) is 0 Å². The van der Waals surface area contributed by atoms with Gasteiger partial charge >= 0.3 is 0 Å². The molecule has 0 spiro atoms. The fourth-order valence-electron chi connectivity index (χ4n) is 1.36. The molecule has 0 saturated carbocycles. The standard InChI is InChI=1S/C11H15NO3S/c1-9-4-5-10(2)11(8-9)16(14,15)12(3)6-7-13/h4-5,7-8H,6H2,1-3H3. The average Bonchev–Trinajstić information content (AvgIpc) is 2.22. The summed E-state index contributed by atoms with van der Waals surface area (Å²) in [5.41, 5.74) is 1.56. The van der Waals surface area contributed by atoms with E-state index in [1.54, 1.807) is 19.1 Å². The van der Waals surface area contributed by atoms with Crippen LogP contribution >= 0.6 is 0 Å². The van der Waals surface area contributed by atoms with Gasteiger partial charge in [-0.1, -0.05) is 12.1 Å². The highest BCUT2D eigenvalue weighted by Crippen LogP contribution is 2.19. The van der Waals surface area contributed by atoms with Crippen molar-refractivity contribution in [3.05, 3.63) is 29.3 Å². The fraction of sp³-hybridized carbons (Fsp3) is 0.364. The van der Waals surface area contributed by atoms with E-state index >= 15 is 0 Å². The molecule has 5 heteroatoms. The third-order valence-electron chi connectivity index (χ3n) is 2.36. The molecular formula is C11H15NO3S. The van der Waals surface area contributed by atoms with E-state index < -0.39 is 10.0 Å². The van der Waals surface area contributed by atoms with Crippen LogP contribution in [0.15, 0.2) is 23.1 Å². The largest absolute Gasteiger partial charge is 0.302 e. The molecule has 4 nitrogen and oxygen atoms in total. The highest BCUT2D eigenvalue weighted by Gasteiger charge is 2.22. The number of rotatable bonds is 4. The Bertz CT molecular complexity index is 494. The van der Waals surface area contributed by atoms with Crippen molar-refractivity contribution in [2.24, 2.45) is 0 Å². The molecule has 88 valence electrons. The quantitative estimate of drug-likeness (QED) is 0.742. The number of nitrogens with zero attached hydrogens (tertiary/aromatic N) is 1. The molecule has 0 aliphatic rings. The Morgan fingerprint density at radius 2 is 1.94 bits per heavy atom. The van der Waals surface area contributed by atoms with Gasteiger partial charge in [0.05, 0.1) is 11.4 Å². The number of carbonyl (C=O) groups excluding carboxylic acids is 1. The number of carbonyl (C=O) groups is 1. The Morgan fingerprint density at radius 3 is 2.50 bits per heavy atom. The normalized spacial score (nSPS) is 11.8. The SMILES string of the molecule is Cc1ccc(C)c(S(=O)(=O)N(C)CC=O)c1. The molecule has 0 aliphatic carbocycles. The van der Waals surface area contributed by atoms with Crippen LogP contribution in [-0.2, 0) is 14.8 Å². The highest BCUT2D eigenvalue weighted by molar-refractivity contribution is 7.89. The Labute approximate surface area is 95.9 Å². The maximum absolute atomic E-state index is 12.1. The van der Waals surface area contributed by atoms with Crippen LogP contribution in [-0.4, -0.2) is 32.6 Å². The second kappa shape index (κ2) is 4.76. The van der Waals surface area contributed by atoms with E-state index in [4.69, 9.17) is 0 Å². The summed E-state index contributed by atoms with van der Waals surface area (Å²) < 4.78 is 25.2. The van der Waals surface area contributed by atoms with Crippen molar-refractivity contribution in [2.45, 2.75) is 18.7 Å². The van der Waals surface area contributed by atoms with E-state index in [-0.39, 0.29) is 11.4 Å². The molecule has 0 N–H and O–H groups in total. The number of likely N-dealkylation sites (N-methyl/N-ethyl adjacent to an activating group) is 1. The van der Waals surface area contributed by atoms with E-state index in [9.17, 15) is 13.2 Å². The van der Waals surface area contributed by atoms with Crippen molar-refractivity contribution in [1.82, 2.24) is 4.31 Å². The number of benzene rings is 1. The topological polar surface area (TPSA) is 54.5 Å². The zero-order valence-electron chi connectivity index (χ0n) is 9.60. The van der Waals surface area contributed by atoms with E-state index in [1.807, 2.05) is 13.0 Å². The molecule has 0 aliphatic heterocycles. The molecule has 0 atom stereocenters. The molecule has 1 aromatic rings. The van der Waals surface area contributed by atoms with Gasteiger partial charge in [0.15, 0.2) is 0 Å². The monoisotopic (exact) mass is 241 g/mol. The second-order valence-electron chi connectivity index (χ2n) is 3.72. The Balaban J connectivity index is 3.26. The first-order chi connectivity index (χ1) is 7.39. The second-order valence-corrected chi connectivity index (χ2v) is 5.73. The zero-order chi connectivity index (χ0) is 12.3. The first kappa shape index (κ1) is 12.9. The van der Waals surface area contributed by atoms with Crippen LogP contribution in [0, 0.1) is 13.8 Å². The summed E-state index contributed by atoms with van der Waals surface area (Å²) in [6.45, 7) is 3.44. The predicted molar refractivity (Wildman–Crippen MR) is 61.8 cm³/mol. The number of sulfonamides is 1. The Kier molecular flexibility index (Phi) is 3.83. The van der Waals surface area contributed by atoms with Crippen LogP contribution < -0.4 is 0 Å². The first-order valence-electron chi connectivity index (χ1n) is 4.87. The van der Waals surface area contributed by atoms with Crippen molar-refractivity contribution in [3.8, 4) is 0 Å². The van der Waals surface area contributed by atoms with E-state index in [1.165, 1.54) is 7.05 Å². The Morgan fingerprint density at radius 1 is 1.31 bits per heavy atom. The lowest BCUT2D eigenvalue weighted by atomic mass is 10.2. The first-order valence-corrected chi connectivity index (χ1v) is 6.31. The summed E-state index contributed by atoms with van der Waals surface area (Å²) in [6.07, 6.45) is 0.572. The van der Waals surface area contributed by atoms with Gasteiger partial charge in [0, 0.05) is 7.05 Å². The van der Waals surface area contributed by atoms with Gasteiger partial charge in [-0.25, -0.2) is 8.42 Å². The van der Waals surface area contributed by atoms with Crippen molar-refractivity contribution in [2.75, 3.05) is 13.6 Å². The summed E-state index contributed by atoms with van der Waals surface area (Å²) in [5, 5.41) is 0. The molecule has 1 aromatic carbocycles. The number of aldehydes is 1. The van der Waals surface area contributed by atoms with Crippen LogP contribution in [0.3, 0.4) is 0 Å².